The Hall–Kier alpha value is -0.940. The molecule has 0 aromatic heterocycles. The number of benzene rings is 1. The normalized spacial score (nSPS) is 19.4. The van der Waals surface area contributed by atoms with Crippen LogP contribution < -0.4 is 10.6 Å². The molecule has 1 amide bonds. The molecule has 1 fully saturated rings. The number of nitrogens with one attached hydrogen (secondary N) is 2. The van der Waals surface area contributed by atoms with Crippen molar-refractivity contribution >= 4 is 27.5 Å². The van der Waals surface area contributed by atoms with Crippen LogP contribution in [0.4, 0.5) is 10.1 Å². The molecule has 2 rings (SSSR count). The summed E-state index contributed by atoms with van der Waals surface area (Å²) in [7, 11) is 0. The Bertz CT molecular complexity index is 444. The van der Waals surface area contributed by atoms with E-state index in [2.05, 4.69) is 26.6 Å². The predicted octanol–water partition coefficient (Wildman–Crippen LogP) is 2.44. The fraction of sp³-hybridized carbons (Fsp3) is 0.417. The lowest BCUT2D eigenvalue weighted by Crippen LogP contribution is -2.25. The zero-order chi connectivity index (χ0) is 12.4. The molecule has 0 saturated carbocycles. The van der Waals surface area contributed by atoms with Crippen LogP contribution in [-0.4, -0.2) is 19.0 Å². The Balaban J connectivity index is 2.12. The summed E-state index contributed by atoms with van der Waals surface area (Å²) in [6, 6.07) is 3.01. The highest BCUT2D eigenvalue weighted by Gasteiger charge is 2.22. The first kappa shape index (κ1) is 12.5. The van der Waals surface area contributed by atoms with Crippen LogP contribution in [0.5, 0.6) is 0 Å². The van der Waals surface area contributed by atoms with E-state index in [0.29, 0.717) is 16.7 Å². The van der Waals surface area contributed by atoms with Gasteiger partial charge in [0, 0.05) is 12.2 Å². The van der Waals surface area contributed by atoms with E-state index >= 15 is 0 Å². The summed E-state index contributed by atoms with van der Waals surface area (Å²) >= 11 is 3.12. The van der Waals surface area contributed by atoms with Crippen molar-refractivity contribution in [2.75, 3.05) is 18.4 Å². The van der Waals surface area contributed by atoms with Gasteiger partial charge in [0.2, 0.25) is 5.91 Å². The Morgan fingerprint density at radius 1 is 1.59 bits per heavy atom. The first-order chi connectivity index (χ1) is 8.08. The van der Waals surface area contributed by atoms with E-state index in [-0.39, 0.29) is 17.6 Å². The predicted molar refractivity (Wildman–Crippen MR) is 68.4 cm³/mol. The molecule has 17 heavy (non-hydrogen) atoms. The Kier molecular flexibility index (Phi) is 3.79. The van der Waals surface area contributed by atoms with Crippen molar-refractivity contribution in [3.8, 4) is 0 Å². The summed E-state index contributed by atoms with van der Waals surface area (Å²) < 4.78 is 13.6. The maximum atomic E-state index is 13.2. The molecule has 1 aliphatic rings. The largest absolute Gasteiger partial charge is 0.326 e. The Morgan fingerprint density at radius 3 is 3.00 bits per heavy atom. The molecule has 1 heterocycles. The van der Waals surface area contributed by atoms with Crippen LogP contribution in [0, 0.1) is 18.7 Å². The number of hydrogen-bond donors (Lipinski definition) is 2. The van der Waals surface area contributed by atoms with E-state index < -0.39 is 0 Å². The quantitative estimate of drug-likeness (QED) is 0.881. The van der Waals surface area contributed by atoms with Gasteiger partial charge in [-0.2, -0.15) is 0 Å². The topological polar surface area (TPSA) is 41.1 Å². The number of carbonyl (C=O) groups excluding carboxylic acids is 1. The van der Waals surface area contributed by atoms with E-state index in [1.807, 2.05) is 0 Å². The lowest BCUT2D eigenvalue weighted by molar-refractivity contribution is -0.119. The molecule has 1 unspecified atom stereocenters. The molecule has 1 saturated heterocycles. The van der Waals surface area contributed by atoms with Crippen molar-refractivity contribution in [1.29, 1.82) is 0 Å². The van der Waals surface area contributed by atoms with Gasteiger partial charge >= 0.3 is 0 Å². The molecule has 1 atom stereocenters. The minimum absolute atomic E-state index is 0.00314. The van der Waals surface area contributed by atoms with Crippen molar-refractivity contribution in [2.24, 2.45) is 5.92 Å². The number of hydrogen-bond acceptors (Lipinski definition) is 2. The van der Waals surface area contributed by atoms with Gasteiger partial charge in [-0.3, -0.25) is 4.79 Å². The zero-order valence-corrected chi connectivity index (χ0v) is 11.1. The monoisotopic (exact) mass is 300 g/mol. The molecule has 1 aromatic rings. The molecule has 0 aliphatic carbocycles. The van der Waals surface area contributed by atoms with Crippen molar-refractivity contribution < 1.29 is 9.18 Å². The molecule has 0 radical (unpaired) electrons. The third kappa shape index (κ3) is 2.84. The lowest BCUT2D eigenvalue weighted by atomic mass is 10.1. The van der Waals surface area contributed by atoms with E-state index in [1.54, 1.807) is 13.0 Å². The van der Waals surface area contributed by atoms with Crippen molar-refractivity contribution in [2.45, 2.75) is 13.3 Å². The van der Waals surface area contributed by atoms with Gasteiger partial charge in [-0.25, -0.2) is 4.39 Å². The minimum atomic E-state index is -0.317. The second kappa shape index (κ2) is 5.14. The lowest BCUT2D eigenvalue weighted by Gasteiger charge is -2.12. The first-order valence-electron chi connectivity index (χ1n) is 5.55. The number of rotatable bonds is 2. The minimum Gasteiger partial charge on any atom is -0.326 e. The fourth-order valence-electron chi connectivity index (χ4n) is 1.89. The van der Waals surface area contributed by atoms with E-state index in [9.17, 15) is 9.18 Å². The fourth-order valence-corrected chi connectivity index (χ4v) is 2.24. The molecule has 2 N–H and O–H groups in total. The molecular weight excluding hydrogens is 287 g/mol. The molecule has 0 bridgehead atoms. The summed E-state index contributed by atoms with van der Waals surface area (Å²) in [6.07, 6.45) is 0.854. The van der Waals surface area contributed by atoms with E-state index in [0.717, 1.165) is 18.5 Å². The van der Waals surface area contributed by atoms with Gasteiger partial charge in [0.25, 0.3) is 0 Å². The average Bonchev–Trinajstić information content (AvgIpc) is 2.79. The molecule has 0 spiro atoms. The van der Waals surface area contributed by atoms with Crippen LogP contribution in [0.15, 0.2) is 16.6 Å². The van der Waals surface area contributed by atoms with Crippen LogP contribution in [0.25, 0.3) is 0 Å². The first-order valence-corrected chi connectivity index (χ1v) is 6.34. The van der Waals surface area contributed by atoms with Crippen LogP contribution >= 0.6 is 15.9 Å². The van der Waals surface area contributed by atoms with Gasteiger partial charge in [0.15, 0.2) is 0 Å². The van der Waals surface area contributed by atoms with Crippen LogP contribution in [0.3, 0.4) is 0 Å². The number of anilines is 1. The summed E-state index contributed by atoms with van der Waals surface area (Å²) in [4.78, 5) is 11.9. The maximum absolute atomic E-state index is 13.2. The van der Waals surface area contributed by atoms with Gasteiger partial charge in [-0.1, -0.05) is 0 Å². The highest BCUT2D eigenvalue weighted by Crippen LogP contribution is 2.25. The highest BCUT2D eigenvalue weighted by molar-refractivity contribution is 9.10. The van der Waals surface area contributed by atoms with Gasteiger partial charge in [-0.05, 0) is 53.5 Å². The van der Waals surface area contributed by atoms with Gasteiger partial charge in [0.05, 0.1) is 10.4 Å². The second-order valence-electron chi connectivity index (χ2n) is 4.26. The number of aryl methyl sites for hydroxylation is 1. The molecule has 5 heteroatoms. The van der Waals surface area contributed by atoms with Crippen LogP contribution in [-0.2, 0) is 4.79 Å². The van der Waals surface area contributed by atoms with Crippen molar-refractivity contribution in [3.05, 3.63) is 28.0 Å². The molecule has 3 nitrogen and oxygen atoms in total. The number of halogens is 2. The van der Waals surface area contributed by atoms with Gasteiger partial charge < -0.3 is 10.6 Å². The Morgan fingerprint density at radius 2 is 2.35 bits per heavy atom. The van der Waals surface area contributed by atoms with Gasteiger partial charge in [0.1, 0.15) is 5.82 Å². The number of amides is 1. The van der Waals surface area contributed by atoms with Gasteiger partial charge in [-0.15, -0.1) is 0 Å². The summed E-state index contributed by atoms with van der Waals surface area (Å²) in [5.74, 6) is -0.308. The van der Waals surface area contributed by atoms with E-state index in [1.165, 1.54) is 6.07 Å². The second-order valence-corrected chi connectivity index (χ2v) is 5.11. The summed E-state index contributed by atoms with van der Waals surface area (Å²) in [6.45, 7) is 3.37. The van der Waals surface area contributed by atoms with E-state index in [4.69, 9.17) is 0 Å². The Labute approximate surface area is 108 Å². The average molecular weight is 301 g/mol. The highest BCUT2D eigenvalue weighted by atomic mass is 79.9. The van der Waals surface area contributed by atoms with Crippen molar-refractivity contribution in [1.82, 2.24) is 5.32 Å². The standard InChI is InChI=1S/C12H14BrFN2O/c1-7-4-10(14)9(13)5-11(7)16-12(17)8-2-3-15-6-8/h4-5,8,15H,2-3,6H2,1H3,(H,16,17). The van der Waals surface area contributed by atoms with Crippen LogP contribution in [0.2, 0.25) is 0 Å². The molecular formula is C12H14BrFN2O. The third-order valence-electron chi connectivity index (χ3n) is 2.96. The molecule has 1 aromatic carbocycles. The summed E-state index contributed by atoms with van der Waals surface area (Å²) in [5.41, 5.74) is 1.39. The third-order valence-corrected chi connectivity index (χ3v) is 3.56. The zero-order valence-electron chi connectivity index (χ0n) is 9.52. The van der Waals surface area contributed by atoms with Crippen molar-refractivity contribution in [3.63, 3.8) is 0 Å². The smallest absolute Gasteiger partial charge is 0.228 e. The maximum Gasteiger partial charge on any atom is 0.228 e. The molecule has 1 aliphatic heterocycles. The SMILES string of the molecule is Cc1cc(F)c(Br)cc1NC(=O)C1CCNC1. The molecule has 92 valence electrons. The summed E-state index contributed by atoms with van der Waals surface area (Å²) in [5, 5.41) is 5.99. The number of carbonyl (C=O) groups is 1. The van der Waals surface area contributed by atoms with Crippen LogP contribution in [0.1, 0.15) is 12.0 Å².